The minimum atomic E-state index is 0.269. The molecule has 6 nitrogen and oxygen atoms in total. The van der Waals surface area contributed by atoms with Crippen molar-refractivity contribution in [2.45, 2.75) is 44.2 Å². The van der Waals surface area contributed by atoms with Gasteiger partial charge in [0.15, 0.2) is 11.0 Å². The van der Waals surface area contributed by atoms with Crippen LogP contribution in [0, 0.1) is 12.8 Å². The molecule has 0 unspecified atom stereocenters. The van der Waals surface area contributed by atoms with Crippen LogP contribution in [-0.2, 0) is 11.2 Å². The molecule has 1 saturated heterocycles. The second-order valence-electron chi connectivity index (χ2n) is 10.2. The number of likely N-dealkylation sites (tertiary alicyclic amines) is 1. The molecule has 0 N–H and O–H groups in total. The molecule has 7 heteroatoms. The van der Waals surface area contributed by atoms with Crippen LogP contribution in [0.2, 0.25) is 0 Å². The van der Waals surface area contributed by atoms with Crippen LogP contribution in [-0.4, -0.2) is 51.5 Å². The number of carbonyl (C=O) groups is 1. The second-order valence-corrected chi connectivity index (χ2v) is 11.2. The Hall–Kier alpha value is -3.58. The van der Waals surface area contributed by atoms with Gasteiger partial charge in [0.05, 0.1) is 7.11 Å². The molecule has 0 atom stereocenters. The van der Waals surface area contributed by atoms with E-state index in [1.807, 2.05) is 24.3 Å². The molecular formula is C32H36N4O2S. The van der Waals surface area contributed by atoms with Gasteiger partial charge in [0.2, 0.25) is 5.91 Å². The van der Waals surface area contributed by atoms with Gasteiger partial charge in [-0.3, -0.25) is 9.36 Å². The highest BCUT2D eigenvalue weighted by molar-refractivity contribution is 7.99. The number of amides is 1. The number of rotatable bonds is 10. The van der Waals surface area contributed by atoms with Crippen molar-refractivity contribution >= 4 is 17.7 Å². The van der Waals surface area contributed by atoms with Crippen molar-refractivity contribution in [3.8, 4) is 22.8 Å². The van der Waals surface area contributed by atoms with Crippen LogP contribution in [0.5, 0.6) is 5.75 Å². The first-order chi connectivity index (χ1) is 19.1. The quantitative estimate of drug-likeness (QED) is 0.167. The SMILES string of the molecule is COc1cccc(-c2nnc(SCCCC(=O)N3CCC(Cc4ccccc4)CC3)n2-c2ccc(C)cc2)c1. The third-order valence-electron chi connectivity index (χ3n) is 7.35. The lowest BCUT2D eigenvalue weighted by atomic mass is 9.90. The monoisotopic (exact) mass is 540 g/mol. The van der Waals surface area contributed by atoms with Gasteiger partial charge in [-0.25, -0.2) is 0 Å². The van der Waals surface area contributed by atoms with Gasteiger partial charge in [-0.1, -0.05) is 71.9 Å². The van der Waals surface area contributed by atoms with E-state index in [1.54, 1.807) is 18.9 Å². The largest absolute Gasteiger partial charge is 0.497 e. The highest BCUT2D eigenvalue weighted by Crippen LogP contribution is 2.30. The maximum atomic E-state index is 12.9. The highest BCUT2D eigenvalue weighted by Gasteiger charge is 2.23. The fourth-order valence-electron chi connectivity index (χ4n) is 5.12. The number of carbonyl (C=O) groups excluding carboxylic acids is 1. The summed E-state index contributed by atoms with van der Waals surface area (Å²) in [5.74, 6) is 3.29. The van der Waals surface area contributed by atoms with E-state index in [-0.39, 0.29) is 5.91 Å². The van der Waals surface area contributed by atoms with Gasteiger partial charge in [-0.2, -0.15) is 0 Å². The van der Waals surface area contributed by atoms with Crippen molar-refractivity contribution in [3.63, 3.8) is 0 Å². The van der Waals surface area contributed by atoms with E-state index in [2.05, 4.69) is 81.2 Å². The van der Waals surface area contributed by atoms with E-state index < -0.39 is 0 Å². The molecule has 0 spiro atoms. The molecular weight excluding hydrogens is 504 g/mol. The second kappa shape index (κ2) is 13.0. The molecule has 1 aliphatic rings. The van der Waals surface area contributed by atoms with Gasteiger partial charge in [0, 0.05) is 36.5 Å². The van der Waals surface area contributed by atoms with Crippen LogP contribution in [0.4, 0.5) is 0 Å². The summed E-state index contributed by atoms with van der Waals surface area (Å²) in [6, 6.07) is 27.0. The summed E-state index contributed by atoms with van der Waals surface area (Å²) in [7, 11) is 1.67. The van der Waals surface area contributed by atoms with Gasteiger partial charge in [-0.15, -0.1) is 10.2 Å². The van der Waals surface area contributed by atoms with Gasteiger partial charge < -0.3 is 9.64 Å². The van der Waals surface area contributed by atoms with Crippen LogP contribution in [0.3, 0.4) is 0 Å². The zero-order chi connectivity index (χ0) is 27.0. The Bertz CT molecular complexity index is 1360. The molecule has 39 heavy (non-hydrogen) atoms. The molecule has 4 aromatic rings. The van der Waals surface area contributed by atoms with Crippen molar-refractivity contribution in [1.82, 2.24) is 19.7 Å². The number of benzene rings is 3. The Labute approximate surface area is 235 Å². The Morgan fingerprint density at radius 2 is 1.74 bits per heavy atom. The fourth-order valence-corrected chi connectivity index (χ4v) is 6.01. The summed E-state index contributed by atoms with van der Waals surface area (Å²) in [6.07, 6.45) is 4.66. The number of methoxy groups -OCH3 is 1. The number of aryl methyl sites for hydroxylation is 1. The summed E-state index contributed by atoms with van der Waals surface area (Å²) in [5, 5.41) is 9.91. The van der Waals surface area contributed by atoms with Crippen LogP contribution in [0.1, 0.15) is 36.8 Å². The van der Waals surface area contributed by atoms with Crippen LogP contribution >= 0.6 is 11.8 Å². The summed E-state index contributed by atoms with van der Waals surface area (Å²) in [5.41, 5.74) is 4.56. The number of piperidine rings is 1. The standard InChI is InChI=1S/C32H36N4O2S/c1-24-13-15-28(16-14-24)36-31(27-10-6-11-29(23-27)38-2)33-34-32(36)39-21-7-12-30(37)35-19-17-26(18-20-35)22-25-8-4-3-5-9-25/h3-6,8-11,13-16,23,26H,7,12,17-22H2,1-2H3. The molecule has 0 aliphatic carbocycles. The van der Waals surface area contributed by atoms with Crippen LogP contribution in [0.15, 0.2) is 84.0 Å². The third kappa shape index (κ3) is 6.90. The lowest BCUT2D eigenvalue weighted by molar-refractivity contribution is -0.132. The van der Waals surface area contributed by atoms with Crippen LogP contribution in [0.25, 0.3) is 17.1 Å². The maximum absolute atomic E-state index is 12.9. The molecule has 0 bridgehead atoms. The molecule has 0 saturated carbocycles. The molecule has 1 fully saturated rings. The van der Waals surface area contributed by atoms with Crippen molar-refractivity contribution in [3.05, 3.63) is 90.0 Å². The molecule has 5 rings (SSSR count). The van der Waals surface area contributed by atoms with E-state index in [9.17, 15) is 4.79 Å². The summed E-state index contributed by atoms with van der Waals surface area (Å²) < 4.78 is 7.53. The molecule has 0 radical (unpaired) electrons. The van der Waals surface area contributed by atoms with E-state index >= 15 is 0 Å². The van der Waals surface area contributed by atoms with Crippen molar-refractivity contribution in [1.29, 1.82) is 0 Å². The van der Waals surface area contributed by atoms with E-state index in [0.717, 1.165) is 72.5 Å². The maximum Gasteiger partial charge on any atom is 0.222 e. The first-order valence-electron chi connectivity index (χ1n) is 13.7. The number of aromatic nitrogens is 3. The zero-order valence-corrected chi connectivity index (χ0v) is 23.6. The predicted molar refractivity (Wildman–Crippen MR) is 157 cm³/mol. The fraction of sp³-hybridized carbons (Fsp3) is 0.344. The summed E-state index contributed by atoms with van der Waals surface area (Å²) in [4.78, 5) is 15.0. The van der Waals surface area contributed by atoms with Crippen molar-refractivity contribution in [2.75, 3.05) is 26.0 Å². The minimum Gasteiger partial charge on any atom is -0.497 e. The molecule has 1 amide bonds. The normalized spacial score (nSPS) is 13.9. The molecule has 1 aromatic heterocycles. The number of hydrogen-bond acceptors (Lipinski definition) is 5. The number of thioether (sulfide) groups is 1. The minimum absolute atomic E-state index is 0.269. The van der Waals surface area contributed by atoms with Crippen LogP contribution < -0.4 is 4.74 Å². The van der Waals surface area contributed by atoms with E-state index in [0.29, 0.717) is 12.3 Å². The molecule has 202 valence electrons. The number of hydrogen-bond donors (Lipinski definition) is 0. The Kier molecular flexibility index (Phi) is 8.99. The lowest BCUT2D eigenvalue weighted by Crippen LogP contribution is -2.38. The average molecular weight is 541 g/mol. The van der Waals surface area contributed by atoms with Gasteiger partial charge in [0.25, 0.3) is 0 Å². The predicted octanol–water partition coefficient (Wildman–Crippen LogP) is 6.60. The van der Waals surface area contributed by atoms with E-state index in [4.69, 9.17) is 4.74 Å². The van der Waals surface area contributed by atoms with Crippen molar-refractivity contribution < 1.29 is 9.53 Å². The first kappa shape index (κ1) is 27.0. The van der Waals surface area contributed by atoms with E-state index in [1.165, 1.54) is 11.1 Å². The third-order valence-corrected chi connectivity index (χ3v) is 8.37. The Morgan fingerprint density at radius 1 is 0.974 bits per heavy atom. The summed E-state index contributed by atoms with van der Waals surface area (Å²) in [6.45, 7) is 3.82. The molecule has 2 heterocycles. The molecule has 1 aliphatic heterocycles. The summed E-state index contributed by atoms with van der Waals surface area (Å²) >= 11 is 1.65. The van der Waals surface area contributed by atoms with Crippen molar-refractivity contribution in [2.24, 2.45) is 5.92 Å². The topological polar surface area (TPSA) is 60.3 Å². The lowest BCUT2D eigenvalue weighted by Gasteiger charge is -2.32. The van der Waals surface area contributed by atoms with Gasteiger partial charge in [0.1, 0.15) is 5.75 Å². The molecule has 3 aromatic carbocycles. The Morgan fingerprint density at radius 3 is 2.49 bits per heavy atom. The Balaban J connectivity index is 1.17. The van der Waals surface area contributed by atoms with Gasteiger partial charge in [-0.05, 0) is 68.4 Å². The zero-order valence-electron chi connectivity index (χ0n) is 22.8. The average Bonchev–Trinajstić information content (AvgIpc) is 3.40. The highest BCUT2D eigenvalue weighted by atomic mass is 32.2. The number of nitrogens with zero attached hydrogens (tertiary/aromatic N) is 4. The first-order valence-corrected chi connectivity index (χ1v) is 14.7. The smallest absolute Gasteiger partial charge is 0.222 e. The van der Waals surface area contributed by atoms with Gasteiger partial charge >= 0.3 is 0 Å². The number of ether oxygens (including phenoxy) is 1.